The number of anilines is 3. The Labute approximate surface area is 160 Å². The maximum atomic E-state index is 13.3. The fourth-order valence-electron chi connectivity index (χ4n) is 3.27. The molecule has 1 saturated heterocycles. The summed E-state index contributed by atoms with van der Waals surface area (Å²) in [5.74, 6) is -0.232. The first-order valence-electron chi connectivity index (χ1n) is 8.29. The van der Waals surface area contributed by atoms with E-state index in [1.807, 2.05) is 0 Å². The molecule has 1 aliphatic rings. The molecule has 2 N–H and O–H groups in total. The van der Waals surface area contributed by atoms with Crippen LogP contribution in [0.25, 0.3) is 0 Å². The average Bonchev–Trinajstić information content (AvgIpc) is 2.79. The molecule has 0 aromatic heterocycles. The second-order valence-electron chi connectivity index (χ2n) is 6.88. The minimum absolute atomic E-state index is 0.00709. The van der Waals surface area contributed by atoms with Crippen LogP contribution in [0.2, 0.25) is 0 Å². The lowest BCUT2D eigenvalue weighted by Gasteiger charge is -2.30. The summed E-state index contributed by atoms with van der Waals surface area (Å²) >= 11 is 0. The van der Waals surface area contributed by atoms with Crippen LogP contribution in [0.15, 0.2) is 54.9 Å². The van der Waals surface area contributed by atoms with Gasteiger partial charge in [0.2, 0.25) is 0 Å². The molecule has 1 heterocycles. The van der Waals surface area contributed by atoms with Gasteiger partial charge >= 0.3 is 6.18 Å². The van der Waals surface area contributed by atoms with E-state index in [2.05, 4.69) is 6.58 Å². The number of amides is 1. The van der Waals surface area contributed by atoms with Gasteiger partial charge in [0.1, 0.15) is 11.4 Å². The summed E-state index contributed by atoms with van der Waals surface area (Å²) < 4.78 is 40.0. The fourth-order valence-corrected chi connectivity index (χ4v) is 3.27. The molecule has 0 spiro atoms. The molecule has 0 aliphatic carbocycles. The van der Waals surface area contributed by atoms with Crippen molar-refractivity contribution in [2.75, 3.05) is 15.5 Å². The van der Waals surface area contributed by atoms with Crippen LogP contribution in [-0.2, 0) is 11.0 Å². The lowest BCUT2D eigenvalue weighted by molar-refractivity contribution is -0.137. The van der Waals surface area contributed by atoms with Crippen molar-refractivity contribution in [2.24, 2.45) is 0 Å². The minimum Gasteiger partial charge on any atom is -0.399 e. The van der Waals surface area contributed by atoms with E-state index in [0.717, 1.165) is 17.0 Å². The van der Waals surface area contributed by atoms with E-state index in [-0.39, 0.29) is 11.5 Å². The third-order valence-electron chi connectivity index (χ3n) is 4.64. The summed E-state index contributed by atoms with van der Waals surface area (Å²) in [6, 6.07) is 11.4. The molecule has 2 aromatic carbocycles. The SMILES string of the molecule is C=C1N(c2ccc(C#N)c(C(F)(F)F)c2)C(=O)C(C)(C)N1c1ccc(N)cc1. The highest BCUT2D eigenvalue weighted by Crippen LogP contribution is 2.42. The van der Waals surface area contributed by atoms with Crippen molar-refractivity contribution in [1.82, 2.24) is 0 Å². The van der Waals surface area contributed by atoms with Crippen molar-refractivity contribution < 1.29 is 18.0 Å². The largest absolute Gasteiger partial charge is 0.417 e. The molecule has 8 heteroatoms. The smallest absolute Gasteiger partial charge is 0.399 e. The monoisotopic (exact) mass is 386 g/mol. The van der Waals surface area contributed by atoms with Gasteiger partial charge < -0.3 is 10.6 Å². The molecule has 144 valence electrons. The molecule has 5 nitrogen and oxygen atoms in total. The minimum atomic E-state index is -4.72. The van der Waals surface area contributed by atoms with Crippen LogP contribution < -0.4 is 15.5 Å². The van der Waals surface area contributed by atoms with Crippen molar-refractivity contribution in [3.8, 4) is 6.07 Å². The van der Waals surface area contributed by atoms with Gasteiger partial charge in [-0.2, -0.15) is 18.4 Å². The van der Waals surface area contributed by atoms with Gasteiger partial charge in [-0.25, -0.2) is 0 Å². The predicted octanol–water partition coefficient (Wildman–Crippen LogP) is 4.26. The first-order chi connectivity index (χ1) is 13.0. The first-order valence-corrected chi connectivity index (χ1v) is 8.29. The summed E-state index contributed by atoms with van der Waals surface area (Å²) in [4.78, 5) is 15.8. The van der Waals surface area contributed by atoms with Crippen LogP contribution in [0, 0.1) is 11.3 Å². The Morgan fingerprint density at radius 1 is 1.11 bits per heavy atom. The lowest BCUT2D eigenvalue weighted by Crippen LogP contribution is -2.43. The van der Waals surface area contributed by atoms with E-state index in [4.69, 9.17) is 11.0 Å². The Morgan fingerprint density at radius 2 is 1.68 bits per heavy atom. The average molecular weight is 386 g/mol. The van der Waals surface area contributed by atoms with Gasteiger partial charge in [0.05, 0.1) is 22.9 Å². The summed E-state index contributed by atoms with van der Waals surface area (Å²) in [5, 5.41) is 8.97. The normalized spacial score (nSPS) is 16.4. The molecule has 0 saturated carbocycles. The van der Waals surface area contributed by atoms with E-state index in [1.54, 1.807) is 43.0 Å². The molecule has 0 radical (unpaired) electrons. The van der Waals surface area contributed by atoms with Crippen molar-refractivity contribution >= 4 is 23.0 Å². The molecule has 1 amide bonds. The molecule has 1 aliphatic heterocycles. The third kappa shape index (κ3) is 2.95. The summed E-state index contributed by atoms with van der Waals surface area (Å²) in [7, 11) is 0. The van der Waals surface area contributed by atoms with Crippen molar-refractivity contribution in [3.63, 3.8) is 0 Å². The van der Waals surface area contributed by atoms with E-state index in [1.165, 1.54) is 12.1 Å². The summed E-state index contributed by atoms with van der Waals surface area (Å²) in [6.07, 6.45) is -4.72. The van der Waals surface area contributed by atoms with E-state index in [9.17, 15) is 18.0 Å². The summed E-state index contributed by atoms with van der Waals surface area (Å²) in [5.41, 5.74) is 4.17. The highest BCUT2D eigenvalue weighted by atomic mass is 19.4. The molecular formula is C20H17F3N4O. The second-order valence-corrected chi connectivity index (χ2v) is 6.88. The Hall–Kier alpha value is -3.47. The van der Waals surface area contributed by atoms with Gasteiger partial charge in [-0.1, -0.05) is 6.58 Å². The number of rotatable bonds is 2. The zero-order chi connectivity index (χ0) is 20.9. The number of halogens is 3. The zero-order valence-corrected chi connectivity index (χ0v) is 15.2. The second kappa shape index (κ2) is 6.30. The highest BCUT2D eigenvalue weighted by Gasteiger charge is 2.49. The van der Waals surface area contributed by atoms with E-state index >= 15 is 0 Å². The Morgan fingerprint density at radius 3 is 2.21 bits per heavy atom. The summed E-state index contributed by atoms with van der Waals surface area (Å²) in [6.45, 7) is 7.24. The van der Waals surface area contributed by atoms with Crippen LogP contribution in [0.4, 0.5) is 30.2 Å². The Kier molecular flexibility index (Phi) is 4.34. The number of nitrogen functional groups attached to an aromatic ring is 1. The van der Waals surface area contributed by atoms with E-state index in [0.29, 0.717) is 11.4 Å². The van der Waals surface area contributed by atoms with E-state index < -0.39 is 28.7 Å². The van der Waals surface area contributed by atoms with Gasteiger partial charge in [-0.15, -0.1) is 0 Å². The topological polar surface area (TPSA) is 73.4 Å². The maximum Gasteiger partial charge on any atom is 0.417 e. The highest BCUT2D eigenvalue weighted by molar-refractivity contribution is 6.09. The fraction of sp³-hybridized carbons (Fsp3) is 0.200. The Bertz CT molecular complexity index is 1000. The van der Waals surface area contributed by atoms with Gasteiger partial charge in [0.25, 0.3) is 5.91 Å². The lowest BCUT2D eigenvalue weighted by atomic mass is 10.0. The predicted molar refractivity (Wildman–Crippen MR) is 100 cm³/mol. The third-order valence-corrected chi connectivity index (χ3v) is 4.64. The van der Waals surface area contributed by atoms with Crippen LogP contribution in [-0.4, -0.2) is 11.4 Å². The standard InChI is InChI=1S/C20H17F3N4O/c1-12-26(16-7-4-13(11-24)17(10-16)20(21,22)23)18(28)19(2,3)27(12)15-8-5-14(25)6-9-15/h4-10H,1,25H2,2-3H3. The number of alkyl halides is 3. The number of nitrogens with two attached hydrogens (primary N) is 1. The zero-order valence-electron chi connectivity index (χ0n) is 15.2. The van der Waals surface area contributed by atoms with Crippen molar-refractivity contribution in [3.05, 3.63) is 66.0 Å². The number of nitriles is 1. The van der Waals surface area contributed by atoms with Crippen LogP contribution in [0.3, 0.4) is 0 Å². The van der Waals surface area contributed by atoms with Crippen molar-refractivity contribution in [2.45, 2.75) is 25.6 Å². The molecule has 0 bridgehead atoms. The van der Waals surface area contributed by atoms with Gasteiger partial charge in [0, 0.05) is 11.4 Å². The molecule has 0 atom stereocenters. The molecule has 28 heavy (non-hydrogen) atoms. The number of hydrogen-bond acceptors (Lipinski definition) is 4. The van der Waals surface area contributed by atoms with Crippen LogP contribution in [0.1, 0.15) is 25.0 Å². The van der Waals surface area contributed by atoms with Crippen LogP contribution in [0.5, 0.6) is 0 Å². The number of carbonyl (C=O) groups is 1. The Balaban J connectivity index is 2.11. The molecule has 3 rings (SSSR count). The molecule has 2 aromatic rings. The number of benzene rings is 2. The quantitative estimate of drug-likeness (QED) is 0.783. The number of hydrogen-bond donors (Lipinski definition) is 1. The maximum absolute atomic E-state index is 13.3. The molecular weight excluding hydrogens is 369 g/mol. The van der Waals surface area contributed by atoms with Gasteiger partial charge in [-0.05, 0) is 56.3 Å². The van der Waals surface area contributed by atoms with Crippen molar-refractivity contribution in [1.29, 1.82) is 5.26 Å². The van der Waals surface area contributed by atoms with Crippen LogP contribution >= 0.6 is 0 Å². The molecule has 1 fully saturated rings. The number of carbonyl (C=O) groups excluding carboxylic acids is 1. The van der Waals surface area contributed by atoms with Gasteiger partial charge in [0.15, 0.2) is 0 Å². The molecule has 0 unspecified atom stereocenters. The number of nitrogens with zero attached hydrogens (tertiary/aromatic N) is 3. The first kappa shape index (κ1) is 19.3. The van der Waals surface area contributed by atoms with Gasteiger partial charge in [-0.3, -0.25) is 9.69 Å².